The fraction of sp³-hybridized carbons (Fsp3) is 0.769. The predicted octanol–water partition coefficient (Wildman–Crippen LogP) is 1.53. The number of rotatable bonds is 4. The van der Waals surface area contributed by atoms with Gasteiger partial charge in [-0.2, -0.15) is 5.26 Å². The van der Waals surface area contributed by atoms with Crippen molar-refractivity contribution in [1.29, 1.82) is 5.26 Å². The van der Waals surface area contributed by atoms with Gasteiger partial charge in [0.25, 0.3) is 0 Å². The first-order valence-electron chi connectivity index (χ1n) is 6.50. The summed E-state index contributed by atoms with van der Waals surface area (Å²) in [5, 5.41) is 11.8. The number of carbonyl (C=O) groups excluding carboxylic acids is 2. The van der Waals surface area contributed by atoms with Gasteiger partial charge in [-0.3, -0.25) is 9.59 Å². The zero-order chi connectivity index (χ0) is 13.4. The van der Waals surface area contributed by atoms with Crippen LogP contribution in [0.5, 0.6) is 0 Å². The van der Waals surface area contributed by atoms with E-state index in [0.29, 0.717) is 12.8 Å². The third-order valence-corrected chi connectivity index (χ3v) is 3.30. The van der Waals surface area contributed by atoms with Crippen molar-refractivity contribution < 1.29 is 14.3 Å². The number of amides is 1. The summed E-state index contributed by atoms with van der Waals surface area (Å²) in [6.07, 6.45) is 5.07. The minimum atomic E-state index is -0.955. The minimum absolute atomic E-state index is 0.157. The maximum atomic E-state index is 12.1. The zero-order valence-corrected chi connectivity index (χ0v) is 10.8. The van der Waals surface area contributed by atoms with E-state index in [2.05, 4.69) is 11.4 Å². The summed E-state index contributed by atoms with van der Waals surface area (Å²) in [4.78, 5) is 23.2. The van der Waals surface area contributed by atoms with Crippen LogP contribution in [0.25, 0.3) is 0 Å². The molecule has 0 heterocycles. The Morgan fingerprint density at radius 2 is 1.89 bits per heavy atom. The largest absolute Gasteiger partial charge is 0.465 e. The van der Waals surface area contributed by atoms with E-state index in [9.17, 15) is 14.9 Å². The second-order valence-corrected chi connectivity index (χ2v) is 4.60. The fourth-order valence-electron chi connectivity index (χ4n) is 2.26. The first kappa shape index (κ1) is 14.5. The molecule has 0 saturated heterocycles. The molecule has 0 spiro atoms. The molecule has 18 heavy (non-hydrogen) atoms. The number of nitriles is 1. The van der Waals surface area contributed by atoms with Crippen LogP contribution in [0.2, 0.25) is 0 Å². The Hall–Kier alpha value is -1.57. The first-order valence-corrected chi connectivity index (χ1v) is 6.50. The molecule has 0 radical (unpaired) electrons. The average molecular weight is 252 g/mol. The Labute approximate surface area is 107 Å². The van der Waals surface area contributed by atoms with Crippen LogP contribution in [0, 0.1) is 16.7 Å². The minimum Gasteiger partial charge on any atom is -0.465 e. The molecule has 5 heteroatoms. The molecule has 1 aliphatic rings. The second kappa shape index (κ2) is 7.00. The molecule has 1 saturated carbocycles. The standard InChI is InChI=1S/C13H20N2O3/c1-2-18-11(16)9-15-12(17)13(10-14)7-5-3-4-6-8-13/h2-9H2,1H3,(H,15,17). The summed E-state index contributed by atoms with van der Waals surface area (Å²) < 4.78 is 4.73. The van der Waals surface area contributed by atoms with E-state index >= 15 is 0 Å². The lowest BCUT2D eigenvalue weighted by Gasteiger charge is -2.23. The first-order chi connectivity index (χ1) is 8.64. The number of hydrogen-bond donors (Lipinski definition) is 1. The smallest absolute Gasteiger partial charge is 0.325 e. The third-order valence-electron chi connectivity index (χ3n) is 3.30. The number of hydrogen-bond acceptors (Lipinski definition) is 4. The quantitative estimate of drug-likeness (QED) is 0.608. The maximum absolute atomic E-state index is 12.1. The number of ether oxygens (including phenoxy) is 1. The number of carbonyl (C=O) groups is 2. The SMILES string of the molecule is CCOC(=O)CNC(=O)C1(C#N)CCCCCC1. The fourth-order valence-corrected chi connectivity index (χ4v) is 2.26. The Bertz CT molecular complexity index is 339. The van der Waals surface area contributed by atoms with Crippen LogP contribution in [0.4, 0.5) is 0 Å². The van der Waals surface area contributed by atoms with Crippen LogP contribution in [0.1, 0.15) is 45.4 Å². The number of esters is 1. The molecule has 0 atom stereocenters. The summed E-state index contributed by atoms with van der Waals surface area (Å²) in [5.74, 6) is -0.799. The van der Waals surface area contributed by atoms with Gasteiger partial charge >= 0.3 is 5.97 Å². The highest BCUT2D eigenvalue weighted by molar-refractivity contribution is 5.88. The molecule has 1 aliphatic carbocycles. The summed E-state index contributed by atoms with van der Waals surface area (Å²) >= 11 is 0. The van der Waals surface area contributed by atoms with Crippen molar-refractivity contribution >= 4 is 11.9 Å². The molecular formula is C13H20N2O3. The van der Waals surface area contributed by atoms with Gasteiger partial charge in [-0.15, -0.1) is 0 Å². The molecule has 0 aromatic rings. The summed E-state index contributed by atoms with van der Waals surface area (Å²) in [7, 11) is 0. The van der Waals surface area contributed by atoms with Crippen molar-refractivity contribution in [2.24, 2.45) is 5.41 Å². The predicted molar refractivity (Wildman–Crippen MR) is 65.4 cm³/mol. The van der Waals surface area contributed by atoms with E-state index in [1.54, 1.807) is 6.92 Å². The highest BCUT2D eigenvalue weighted by Crippen LogP contribution is 2.34. The molecule has 100 valence electrons. The summed E-state index contributed by atoms with van der Waals surface area (Å²) in [5.41, 5.74) is -0.955. The molecular weight excluding hydrogens is 232 g/mol. The van der Waals surface area contributed by atoms with E-state index in [1.165, 1.54) is 0 Å². The Morgan fingerprint density at radius 3 is 2.39 bits per heavy atom. The molecule has 1 amide bonds. The topological polar surface area (TPSA) is 79.2 Å². The van der Waals surface area contributed by atoms with Crippen molar-refractivity contribution in [2.45, 2.75) is 45.4 Å². The Balaban J connectivity index is 2.56. The molecule has 0 aromatic heterocycles. The number of nitrogens with zero attached hydrogens (tertiary/aromatic N) is 1. The monoisotopic (exact) mass is 252 g/mol. The van der Waals surface area contributed by atoms with E-state index in [4.69, 9.17) is 4.74 Å². The molecule has 5 nitrogen and oxygen atoms in total. The molecule has 0 bridgehead atoms. The van der Waals surface area contributed by atoms with Crippen LogP contribution in [-0.2, 0) is 14.3 Å². The molecule has 1 fully saturated rings. The van der Waals surface area contributed by atoms with Crippen molar-refractivity contribution in [3.8, 4) is 6.07 Å². The highest BCUT2D eigenvalue weighted by Gasteiger charge is 2.38. The highest BCUT2D eigenvalue weighted by atomic mass is 16.5. The van der Waals surface area contributed by atoms with Crippen LogP contribution in [0.3, 0.4) is 0 Å². The van der Waals surface area contributed by atoms with Crippen LogP contribution in [0.15, 0.2) is 0 Å². The van der Waals surface area contributed by atoms with Crippen molar-refractivity contribution in [3.63, 3.8) is 0 Å². The lowest BCUT2D eigenvalue weighted by molar-refractivity contribution is -0.144. The number of nitrogens with one attached hydrogen (secondary N) is 1. The molecule has 1 rings (SSSR count). The Morgan fingerprint density at radius 1 is 1.28 bits per heavy atom. The van der Waals surface area contributed by atoms with Gasteiger partial charge in [0.2, 0.25) is 5.91 Å². The van der Waals surface area contributed by atoms with Gasteiger partial charge in [-0.25, -0.2) is 0 Å². The van der Waals surface area contributed by atoms with Gasteiger partial charge in [0.15, 0.2) is 0 Å². The molecule has 0 aromatic carbocycles. The lowest BCUT2D eigenvalue weighted by atomic mass is 9.81. The van der Waals surface area contributed by atoms with Gasteiger partial charge in [-0.1, -0.05) is 25.7 Å². The van der Waals surface area contributed by atoms with Crippen LogP contribution in [-0.4, -0.2) is 25.0 Å². The van der Waals surface area contributed by atoms with Crippen LogP contribution >= 0.6 is 0 Å². The lowest BCUT2D eigenvalue weighted by Crippen LogP contribution is -2.42. The molecule has 1 N–H and O–H groups in total. The summed E-state index contributed by atoms with van der Waals surface area (Å²) in [6.45, 7) is 1.84. The van der Waals surface area contributed by atoms with Crippen LogP contribution < -0.4 is 5.32 Å². The van der Waals surface area contributed by atoms with Gasteiger partial charge in [0.1, 0.15) is 12.0 Å². The van der Waals surface area contributed by atoms with E-state index in [0.717, 1.165) is 25.7 Å². The second-order valence-electron chi connectivity index (χ2n) is 4.60. The average Bonchev–Trinajstić information content (AvgIpc) is 2.62. The van der Waals surface area contributed by atoms with E-state index < -0.39 is 11.4 Å². The van der Waals surface area contributed by atoms with E-state index in [-0.39, 0.29) is 19.1 Å². The summed E-state index contributed by atoms with van der Waals surface area (Å²) in [6, 6.07) is 2.15. The van der Waals surface area contributed by atoms with Crippen molar-refractivity contribution in [2.75, 3.05) is 13.2 Å². The van der Waals surface area contributed by atoms with Gasteiger partial charge in [0, 0.05) is 0 Å². The molecule has 0 unspecified atom stereocenters. The van der Waals surface area contributed by atoms with Gasteiger partial charge in [-0.05, 0) is 19.8 Å². The maximum Gasteiger partial charge on any atom is 0.325 e. The van der Waals surface area contributed by atoms with Gasteiger partial charge in [0.05, 0.1) is 12.7 Å². The van der Waals surface area contributed by atoms with E-state index in [1.807, 2.05) is 0 Å². The van der Waals surface area contributed by atoms with Crippen molar-refractivity contribution in [1.82, 2.24) is 5.32 Å². The Kier molecular flexibility index (Phi) is 5.63. The third kappa shape index (κ3) is 3.73. The van der Waals surface area contributed by atoms with Gasteiger partial charge < -0.3 is 10.1 Å². The normalized spacial score (nSPS) is 18.2. The molecule has 0 aliphatic heterocycles. The van der Waals surface area contributed by atoms with Crippen molar-refractivity contribution in [3.05, 3.63) is 0 Å². The zero-order valence-electron chi connectivity index (χ0n) is 10.8.